The molecule has 3 fully saturated rings. The molecular weight excluding hydrogens is 544 g/mol. The third-order valence-corrected chi connectivity index (χ3v) is 8.80. The second-order valence-electron chi connectivity index (χ2n) is 11.9. The van der Waals surface area contributed by atoms with E-state index in [0.29, 0.717) is 47.8 Å². The molecule has 3 N–H and O–H groups in total. The molecular formula is C33H34N6O4. The van der Waals surface area contributed by atoms with Gasteiger partial charge < -0.3 is 25.4 Å². The number of pyridine rings is 1. The standard InChI is InChI=1S/C33H34N6O4/c1-19-9-12-22-23(6-2-8-27(22)37-30(40)26-17-25(26)20-10-11-20)29(19)43-31-24(7-3-14-34-31)28-13-15-35-32(38-28)36-21-5-4-16-39(18-21)33(41)42/h2-3,6-9,12-15,20-21,25-26H,4-5,10-11,16-18H2,1H3,(H,37,40)(H,41,42)(H,35,36,38)/t21-,25?,26+/m0/s1. The SMILES string of the molecule is Cc1ccc2c(NC(=O)[C@@H]3CC3C3CC3)cccc2c1Oc1ncccc1-c1ccnc(N[C@H]2CCCN(C(=O)O)C2)n1. The lowest BCUT2D eigenvalue weighted by Crippen LogP contribution is -2.44. The van der Waals surface area contributed by atoms with Crippen LogP contribution in [0.2, 0.25) is 0 Å². The number of amides is 2. The molecule has 10 nitrogen and oxygen atoms in total. The summed E-state index contributed by atoms with van der Waals surface area (Å²) in [5.74, 6) is 3.02. The highest BCUT2D eigenvalue weighted by atomic mass is 16.5. The van der Waals surface area contributed by atoms with Gasteiger partial charge in [0.15, 0.2) is 0 Å². The zero-order valence-electron chi connectivity index (χ0n) is 24.0. The number of piperidine rings is 1. The fourth-order valence-corrected chi connectivity index (χ4v) is 6.26. The average Bonchev–Trinajstić information content (AvgIpc) is 3.93. The van der Waals surface area contributed by atoms with Gasteiger partial charge in [0, 0.05) is 53.9 Å². The third kappa shape index (κ3) is 5.69. The molecule has 4 aromatic rings. The van der Waals surface area contributed by atoms with Crippen LogP contribution in [0.25, 0.3) is 22.0 Å². The van der Waals surface area contributed by atoms with Crippen molar-refractivity contribution in [2.75, 3.05) is 23.7 Å². The molecule has 7 rings (SSSR count). The predicted molar refractivity (Wildman–Crippen MR) is 163 cm³/mol. The maximum absolute atomic E-state index is 13.0. The van der Waals surface area contributed by atoms with Crippen molar-refractivity contribution >= 4 is 34.4 Å². The molecule has 2 aliphatic carbocycles. The van der Waals surface area contributed by atoms with Crippen LogP contribution < -0.4 is 15.4 Å². The summed E-state index contributed by atoms with van der Waals surface area (Å²) in [5.41, 5.74) is 3.05. The van der Waals surface area contributed by atoms with Crippen molar-refractivity contribution in [3.63, 3.8) is 0 Å². The van der Waals surface area contributed by atoms with Gasteiger partial charge in [0.2, 0.25) is 17.7 Å². The predicted octanol–water partition coefficient (Wildman–Crippen LogP) is 6.33. The number of benzene rings is 2. The number of likely N-dealkylation sites (tertiary alicyclic amines) is 1. The number of carbonyl (C=O) groups is 2. The molecule has 3 atom stereocenters. The molecule has 10 heteroatoms. The van der Waals surface area contributed by atoms with E-state index < -0.39 is 6.09 Å². The Bertz CT molecular complexity index is 1710. The Morgan fingerprint density at radius 2 is 1.88 bits per heavy atom. The maximum atomic E-state index is 13.0. The Morgan fingerprint density at radius 1 is 1.00 bits per heavy atom. The zero-order valence-corrected chi connectivity index (χ0v) is 24.0. The summed E-state index contributed by atoms with van der Waals surface area (Å²) in [5, 5.41) is 17.7. The minimum atomic E-state index is -0.915. The summed E-state index contributed by atoms with van der Waals surface area (Å²) >= 11 is 0. The number of nitrogens with one attached hydrogen (secondary N) is 2. The molecule has 3 heterocycles. The first-order valence-corrected chi connectivity index (χ1v) is 15.0. The van der Waals surface area contributed by atoms with Gasteiger partial charge in [-0.3, -0.25) is 4.79 Å². The molecule has 2 amide bonds. The molecule has 3 aliphatic rings. The van der Waals surface area contributed by atoms with Gasteiger partial charge in [0.05, 0.1) is 11.3 Å². The van der Waals surface area contributed by atoms with Gasteiger partial charge in [-0.2, -0.15) is 0 Å². The molecule has 1 saturated heterocycles. The zero-order chi connectivity index (χ0) is 29.5. The summed E-state index contributed by atoms with van der Waals surface area (Å²) in [4.78, 5) is 39.5. The molecule has 0 radical (unpaired) electrons. The molecule has 220 valence electrons. The van der Waals surface area contributed by atoms with Crippen LogP contribution in [0.4, 0.5) is 16.4 Å². The number of anilines is 2. The van der Waals surface area contributed by atoms with Crippen LogP contribution in [0, 0.1) is 24.7 Å². The summed E-state index contributed by atoms with van der Waals surface area (Å²) in [6.45, 7) is 2.91. The first-order valence-electron chi connectivity index (χ1n) is 15.0. The Balaban J connectivity index is 1.14. The first kappa shape index (κ1) is 27.1. The number of carboxylic acid groups (broad SMARTS) is 1. The number of rotatable bonds is 8. The van der Waals surface area contributed by atoms with Crippen molar-refractivity contribution in [2.45, 2.75) is 45.1 Å². The lowest BCUT2D eigenvalue weighted by molar-refractivity contribution is -0.117. The van der Waals surface area contributed by atoms with Gasteiger partial charge in [-0.25, -0.2) is 19.7 Å². The van der Waals surface area contributed by atoms with E-state index in [0.717, 1.165) is 47.2 Å². The van der Waals surface area contributed by atoms with Gasteiger partial charge >= 0.3 is 6.09 Å². The van der Waals surface area contributed by atoms with E-state index in [2.05, 4.69) is 20.6 Å². The van der Waals surface area contributed by atoms with E-state index in [-0.39, 0.29) is 17.9 Å². The highest BCUT2D eigenvalue weighted by Gasteiger charge is 2.51. The lowest BCUT2D eigenvalue weighted by Gasteiger charge is -2.31. The van der Waals surface area contributed by atoms with Crippen LogP contribution in [0.3, 0.4) is 0 Å². The Kier molecular flexibility index (Phi) is 7.04. The fourth-order valence-electron chi connectivity index (χ4n) is 6.26. The Morgan fingerprint density at radius 3 is 2.72 bits per heavy atom. The number of fused-ring (bicyclic) bond motifs is 1. The summed E-state index contributed by atoms with van der Waals surface area (Å²) in [6.07, 6.45) is 7.57. The van der Waals surface area contributed by atoms with Crippen LogP contribution >= 0.6 is 0 Å². The maximum Gasteiger partial charge on any atom is 0.407 e. The van der Waals surface area contributed by atoms with E-state index >= 15 is 0 Å². The smallest absolute Gasteiger partial charge is 0.407 e. The van der Waals surface area contributed by atoms with Crippen LogP contribution in [0.5, 0.6) is 11.6 Å². The number of carbonyl (C=O) groups excluding carboxylic acids is 1. The minimum Gasteiger partial charge on any atom is -0.465 e. The molecule has 2 saturated carbocycles. The van der Waals surface area contributed by atoms with Gasteiger partial charge in [0.25, 0.3) is 0 Å². The van der Waals surface area contributed by atoms with Crippen molar-refractivity contribution in [2.24, 2.45) is 17.8 Å². The third-order valence-electron chi connectivity index (χ3n) is 8.80. The van der Waals surface area contributed by atoms with E-state index in [1.54, 1.807) is 18.5 Å². The second kappa shape index (κ2) is 11.2. The topological polar surface area (TPSA) is 130 Å². The Labute approximate surface area is 249 Å². The summed E-state index contributed by atoms with van der Waals surface area (Å²) in [7, 11) is 0. The van der Waals surface area contributed by atoms with E-state index in [1.165, 1.54) is 17.7 Å². The molecule has 2 aromatic carbocycles. The first-order chi connectivity index (χ1) is 20.9. The van der Waals surface area contributed by atoms with Crippen molar-refractivity contribution < 1.29 is 19.4 Å². The molecule has 2 aromatic heterocycles. The summed E-state index contributed by atoms with van der Waals surface area (Å²) in [6, 6.07) is 15.4. The van der Waals surface area contributed by atoms with Gasteiger partial charge in [-0.1, -0.05) is 24.3 Å². The van der Waals surface area contributed by atoms with E-state index in [9.17, 15) is 14.7 Å². The van der Waals surface area contributed by atoms with E-state index in [4.69, 9.17) is 9.72 Å². The number of aryl methyl sites for hydroxylation is 1. The average molecular weight is 579 g/mol. The highest BCUT2D eigenvalue weighted by Crippen LogP contribution is 2.54. The van der Waals surface area contributed by atoms with Crippen molar-refractivity contribution in [3.8, 4) is 22.9 Å². The number of nitrogens with zero attached hydrogens (tertiary/aromatic N) is 4. The lowest BCUT2D eigenvalue weighted by atomic mass is 10.0. The fraction of sp³-hybridized carbons (Fsp3) is 0.364. The van der Waals surface area contributed by atoms with Crippen LogP contribution in [0.15, 0.2) is 60.9 Å². The van der Waals surface area contributed by atoms with Gasteiger partial charge in [0.1, 0.15) is 5.75 Å². The number of hydrogen-bond donors (Lipinski definition) is 3. The number of ether oxygens (including phenoxy) is 1. The normalized spacial score (nSPS) is 21.3. The monoisotopic (exact) mass is 578 g/mol. The molecule has 0 spiro atoms. The van der Waals surface area contributed by atoms with Crippen LogP contribution in [0.1, 0.15) is 37.7 Å². The van der Waals surface area contributed by atoms with Crippen LogP contribution in [-0.4, -0.2) is 56.1 Å². The molecule has 1 aliphatic heterocycles. The highest BCUT2D eigenvalue weighted by molar-refractivity contribution is 6.05. The van der Waals surface area contributed by atoms with Crippen molar-refractivity contribution in [3.05, 3.63) is 66.5 Å². The van der Waals surface area contributed by atoms with Crippen molar-refractivity contribution in [1.29, 1.82) is 0 Å². The minimum absolute atomic E-state index is 0.0720. The van der Waals surface area contributed by atoms with Gasteiger partial charge in [-0.05, 0) is 80.7 Å². The van der Waals surface area contributed by atoms with E-state index in [1.807, 2.05) is 49.4 Å². The molecule has 1 unspecified atom stereocenters. The molecule has 0 bridgehead atoms. The van der Waals surface area contributed by atoms with Crippen LogP contribution in [-0.2, 0) is 4.79 Å². The number of hydrogen-bond acceptors (Lipinski definition) is 7. The summed E-state index contributed by atoms with van der Waals surface area (Å²) < 4.78 is 6.54. The largest absolute Gasteiger partial charge is 0.465 e. The molecule has 43 heavy (non-hydrogen) atoms. The quantitative estimate of drug-likeness (QED) is 0.221. The second-order valence-corrected chi connectivity index (χ2v) is 11.9. The number of aromatic nitrogens is 3. The van der Waals surface area contributed by atoms with Crippen molar-refractivity contribution in [1.82, 2.24) is 19.9 Å². The van der Waals surface area contributed by atoms with Gasteiger partial charge in [-0.15, -0.1) is 0 Å². The Hall–Kier alpha value is -4.73.